The average molecular weight is 180 g/mol. The van der Waals surface area contributed by atoms with Crippen molar-refractivity contribution < 1.29 is 15.0 Å². The van der Waals surface area contributed by atoms with Crippen molar-refractivity contribution in [1.29, 1.82) is 0 Å². The molecule has 1 rings (SSSR count). The van der Waals surface area contributed by atoms with Gasteiger partial charge in [-0.05, 0) is 25.3 Å². The Bertz CT molecular complexity index is 321. The minimum atomic E-state index is -1.05. The molecular formula is C10H12O3. The molecule has 0 saturated carbocycles. The molecule has 0 radical (unpaired) electrons. The second-order valence-corrected chi connectivity index (χ2v) is 3.07. The fourth-order valence-corrected chi connectivity index (χ4v) is 1.32. The first-order chi connectivity index (χ1) is 6.04. The van der Waals surface area contributed by atoms with Crippen molar-refractivity contribution in [3.05, 3.63) is 35.1 Å². The molecule has 1 aliphatic rings. The lowest BCUT2D eigenvalue weighted by atomic mass is 9.94. The first kappa shape index (κ1) is 9.58. The van der Waals surface area contributed by atoms with Crippen LogP contribution in [0.15, 0.2) is 35.1 Å². The van der Waals surface area contributed by atoms with Crippen molar-refractivity contribution in [1.82, 2.24) is 0 Å². The van der Waals surface area contributed by atoms with Crippen LogP contribution >= 0.6 is 0 Å². The van der Waals surface area contributed by atoms with E-state index in [4.69, 9.17) is 5.11 Å². The number of carboxylic acids is 1. The average Bonchev–Trinajstić information content (AvgIpc) is 2.03. The third-order valence-corrected chi connectivity index (χ3v) is 2.00. The van der Waals surface area contributed by atoms with Gasteiger partial charge in [0.25, 0.3) is 0 Å². The molecular weight excluding hydrogens is 168 g/mol. The van der Waals surface area contributed by atoms with Gasteiger partial charge >= 0.3 is 5.97 Å². The highest BCUT2D eigenvalue weighted by Crippen LogP contribution is 2.27. The van der Waals surface area contributed by atoms with Crippen LogP contribution in [0.25, 0.3) is 0 Å². The van der Waals surface area contributed by atoms with Crippen LogP contribution < -0.4 is 0 Å². The third-order valence-electron chi connectivity index (χ3n) is 2.00. The zero-order chi connectivity index (χ0) is 10.0. The summed E-state index contributed by atoms with van der Waals surface area (Å²) in [6, 6.07) is 0. The lowest BCUT2D eigenvalue weighted by Gasteiger charge is -2.14. The third kappa shape index (κ3) is 1.80. The summed E-state index contributed by atoms with van der Waals surface area (Å²) in [5.74, 6) is -1.18. The molecule has 0 spiro atoms. The number of aliphatic hydroxyl groups excluding tert-OH is 1. The van der Waals surface area contributed by atoms with Crippen molar-refractivity contribution in [2.24, 2.45) is 0 Å². The molecule has 0 bridgehead atoms. The standard InChI is InChI=1S/C10H12O3/c1-6(2)7-4-3-5-8(9(7)11)10(12)13/h4,11H,1,3,5H2,2H3,(H,12,13). The fraction of sp³-hybridized carbons (Fsp3) is 0.300. The Morgan fingerprint density at radius 2 is 2.23 bits per heavy atom. The number of allylic oxidation sites excluding steroid dienone is 2. The lowest BCUT2D eigenvalue weighted by molar-refractivity contribution is -0.133. The molecule has 0 saturated heterocycles. The number of aliphatic hydroxyl groups is 1. The van der Waals surface area contributed by atoms with Crippen molar-refractivity contribution >= 4 is 5.97 Å². The molecule has 70 valence electrons. The summed E-state index contributed by atoms with van der Waals surface area (Å²) in [6.45, 7) is 5.41. The summed E-state index contributed by atoms with van der Waals surface area (Å²) in [6.07, 6.45) is 2.84. The van der Waals surface area contributed by atoms with Gasteiger partial charge in [-0.3, -0.25) is 0 Å². The van der Waals surface area contributed by atoms with Crippen LogP contribution in [0.3, 0.4) is 0 Å². The van der Waals surface area contributed by atoms with E-state index in [2.05, 4.69) is 6.58 Å². The van der Waals surface area contributed by atoms with Gasteiger partial charge in [-0.25, -0.2) is 4.79 Å². The normalized spacial score (nSPS) is 16.8. The molecule has 0 aliphatic heterocycles. The Morgan fingerprint density at radius 1 is 1.62 bits per heavy atom. The Balaban J connectivity index is 3.10. The van der Waals surface area contributed by atoms with E-state index < -0.39 is 5.97 Å². The molecule has 2 N–H and O–H groups in total. The van der Waals surface area contributed by atoms with Crippen LogP contribution in [-0.2, 0) is 4.79 Å². The van der Waals surface area contributed by atoms with E-state index in [9.17, 15) is 9.90 Å². The van der Waals surface area contributed by atoms with Crippen LogP contribution in [0, 0.1) is 0 Å². The second-order valence-electron chi connectivity index (χ2n) is 3.07. The van der Waals surface area contributed by atoms with E-state index in [-0.39, 0.29) is 11.3 Å². The van der Waals surface area contributed by atoms with Crippen LogP contribution in [0.4, 0.5) is 0 Å². The van der Waals surface area contributed by atoms with Crippen molar-refractivity contribution in [3.8, 4) is 0 Å². The highest BCUT2D eigenvalue weighted by molar-refractivity contribution is 5.88. The number of hydrogen-bond donors (Lipinski definition) is 2. The molecule has 0 aromatic carbocycles. The van der Waals surface area contributed by atoms with Gasteiger partial charge in [-0.1, -0.05) is 12.7 Å². The van der Waals surface area contributed by atoms with Gasteiger partial charge in [0, 0.05) is 5.57 Å². The Hall–Kier alpha value is -1.51. The number of carbonyl (C=O) groups is 1. The quantitative estimate of drug-likeness (QED) is 0.684. The van der Waals surface area contributed by atoms with Crippen LogP contribution in [0.2, 0.25) is 0 Å². The maximum Gasteiger partial charge on any atom is 0.335 e. The molecule has 0 heterocycles. The Morgan fingerprint density at radius 3 is 2.69 bits per heavy atom. The van der Waals surface area contributed by atoms with Gasteiger partial charge in [0.1, 0.15) is 5.76 Å². The Kier molecular flexibility index (Phi) is 2.56. The highest BCUT2D eigenvalue weighted by Gasteiger charge is 2.20. The zero-order valence-electron chi connectivity index (χ0n) is 7.50. The minimum absolute atomic E-state index is 0.0838. The number of rotatable bonds is 2. The SMILES string of the molecule is C=C(C)C1=CCCC(C(=O)O)=C1O. The number of aliphatic carboxylic acids is 1. The molecule has 0 aromatic heterocycles. The fourth-order valence-electron chi connectivity index (χ4n) is 1.32. The van der Waals surface area contributed by atoms with Gasteiger partial charge in [0.15, 0.2) is 0 Å². The van der Waals surface area contributed by atoms with Crippen molar-refractivity contribution in [3.63, 3.8) is 0 Å². The minimum Gasteiger partial charge on any atom is -0.507 e. The molecule has 3 heteroatoms. The van der Waals surface area contributed by atoms with Crippen molar-refractivity contribution in [2.75, 3.05) is 0 Å². The lowest BCUT2D eigenvalue weighted by Crippen LogP contribution is -2.09. The molecule has 3 nitrogen and oxygen atoms in total. The van der Waals surface area contributed by atoms with Gasteiger partial charge in [-0.15, -0.1) is 0 Å². The smallest absolute Gasteiger partial charge is 0.335 e. The number of carboxylic acid groups (broad SMARTS) is 1. The summed E-state index contributed by atoms with van der Waals surface area (Å²) in [7, 11) is 0. The van der Waals surface area contributed by atoms with E-state index in [0.29, 0.717) is 24.0 Å². The second kappa shape index (κ2) is 3.47. The number of hydrogen-bond acceptors (Lipinski definition) is 2. The molecule has 0 aromatic rings. The van der Waals surface area contributed by atoms with E-state index in [1.54, 1.807) is 6.92 Å². The molecule has 1 aliphatic carbocycles. The van der Waals surface area contributed by atoms with E-state index in [0.717, 1.165) is 0 Å². The first-order valence-electron chi connectivity index (χ1n) is 4.06. The summed E-state index contributed by atoms with van der Waals surface area (Å²) in [4.78, 5) is 10.7. The predicted molar refractivity (Wildman–Crippen MR) is 49.4 cm³/mol. The first-order valence-corrected chi connectivity index (χ1v) is 4.06. The topological polar surface area (TPSA) is 57.5 Å². The maximum atomic E-state index is 10.7. The summed E-state index contributed by atoms with van der Waals surface area (Å²) >= 11 is 0. The summed E-state index contributed by atoms with van der Waals surface area (Å²) < 4.78 is 0. The van der Waals surface area contributed by atoms with E-state index in [1.165, 1.54) is 0 Å². The largest absolute Gasteiger partial charge is 0.507 e. The highest BCUT2D eigenvalue weighted by atomic mass is 16.4. The molecule has 0 amide bonds. The molecule has 0 unspecified atom stereocenters. The molecule has 0 fully saturated rings. The van der Waals surface area contributed by atoms with E-state index >= 15 is 0 Å². The van der Waals surface area contributed by atoms with Gasteiger partial charge < -0.3 is 10.2 Å². The molecule has 13 heavy (non-hydrogen) atoms. The van der Waals surface area contributed by atoms with Crippen LogP contribution in [0.1, 0.15) is 19.8 Å². The van der Waals surface area contributed by atoms with Crippen LogP contribution in [-0.4, -0.2) is 16.2 Å². The monoisotopic (exact) mass is 180 g/mol. The summed E-state index contributed by atoms with van der Waals surface area (Å²) in [5, 5.41) is 18.3. The van der Waals surface area contributed by atoms with Crippen molar-refractivity contribution in [2.45, 2.75) is 19.8 Å². The Labute approximate surface area is 76.7 Å². The maximum absolute atomic E-state index is 10.7. The molecule has 0 atom stereocenters. The van der Waals surface area contributed by atoms with Crippen LogP contribution in [0.5, 0.6) is 0 Å². The van der Waals surface area contributed by atoms with Gasteiger partial charge in [-0.2, -0.15) is 0 Å². The zero-order valence-corrected chi connectivity index (χ0v) is 7.50. The summed E-state index contributed by atoms with van der Waals surface area (Å²) in [5.41, 5.74) is 1.33. The predicted octanol–water partition coefficient (Wildman–Crippen LogP) is 2.18. The van der Waals surface area contributed by atoms with E-state index in [1.807, 2.05) is 6.08 Å². The van der Waals surface area contributed by atoms with Gasteiger partial charge in [0.2, 0.25) is 0 Å². The van der Waals surface area contributed by atoms with Gasteiger partial charge in [0.05, 0.1) is 5.57 Å².